The number of benzene rings is 2. The van der Waals surface area contributed by atoms with Crippen LogP contribution in [0.1, 0.15) is 6.92 Å². The number of carbonyl (C=O) groups is 2. The Morgan fingerprint density at radius 3 is 2.42 bits per heavy atom. The monoisotopic (exact) mass is 348 g/mol. The third-order valence-electron chi connectivity index (χ3n) is 2.93. The summed E-state index contributed by atoms with van der Waals surface area (Å²) in [5, 5.41) is 0. The van der Waals surface area contributed by atoms with Gasteiger partial charge in [0.25, 0.3) is 5.91 Å². The van der Waals surface area contributed by atoms with Gasteiger partial charge in [-0.1, -0.05) is 18.2 Å². The fourth-order valence-corrected chi connectivity index (χ4v) is 2.42. The summed E-state index contributed by atoms with van der Waals surface area (Å²) < 4.78 is 18.2. The van der Waals surface area contributed by atoms with Gasteiger partial charge in [0.15, 0.2) is 6.10 Å². The van der Waals surface area contributed by atoms with Gasteiger partial charge in [0.1, 0.15) is 11.6 Å². The Bertz CT molecular complexity index is 680. The quantitative estimate of drug-likeness (QED) is 0.622. The molecule has 2 aromatic rings. The molecular formula is C17H17FN2O3S. The molecule has 0 fully saturated rings. The van der Waals surface area contributed by atoms with Crippen molar-refractivity contribution in [2.75, 3.05) is 5.75 Å². The number of hydrazine groups is 1. The van der Waals surface area contributed by atoms with Crippen molar-refractivity contribution in [3.8, 4) is 5.75 Å². The fourth-order valence-electron chi connectivity index (χ4n) is 1.71. The van der Waals surface area contributed by atoms with Crippen molar-refractivity contribution in [1.82, 2.24) is 10.9 Å². The molecule has 0 saturated heterocycles. The molecule has 2 N–H and O–H groups in total. The van der Waals surface area contributed by atoms with E-state index in [-0.39, 0.29) is 17.5 Å². The molecule has 0 unspecified atom stereocenters. The summed E-state index contributed by atoms with van der Waals surface area (Å²) in [6.07, 6.45) is -0.836. The van der Waals surface area contributed by atoms with Crippen molar-refractivity contribution < 1.29 is 18.7 Å². The first-order chi connectivity index (χ1) is 11.5. The van der Waals surface area contributed by atoms with Crippen molar-refractivity contribution in [3.63, 3.8) is 0 Å². The van der Waals surface area contributed by atoms with Gasteiger partial charge in [-0.05, 0) is 43.3 Å². The predicted octanol–water partition coefficient (Wildman–Crippen LogP) is 2.53. The molecular weight excluding hydrogens is 331 g/mol. The summed E-state index contributed by atoms with van der Waals surface area (Å²) in [4.78, 5) is 24.5. The van der Waals surface area contributed by atoms with Crippen LogP contribution in [0.4, 0.5) is 4.39 Å². The van der Waals surface area contributed by atoms with Crippen LogP contribution in [0.5, 0.6) is 5.75 Å². The lowest BCUT2D eigenvalue weighted by Gasteiger charge is -2.15. The Morgan fingerprint density at radius 1 is 1.08 bits per heavy atom. The highest BCUT2D eigenvalue weighted by atomic mass is 32.2. The molecule has 0 saturated carbocycles. The van der Waals surface area contributed by atoms with E-state index in [1.165, 1.54) is 43.0 Å². The van der Waals surface area contributed by atoms with Gasteiger partial charge >= 0.3 is 0 Å². The number of nitrogens with one attached hydrogen (secondary N) is 2. The summed E-state index contributed by atoms with van der Waals surface area (Å²) in [6.45, 7) is 1.53. The molecule has 126 valence electrons. The van der Waals surface area contributed by atoms with Crippen LogP contribution in [0, 0.1) is 5.82 Å². The van der Waals surface area contributed by atoms with E-state index >= 15 is 0 Å². The summed E-state index contributed by atoms with van der Waals surface area (Å²) in [6, 6.07) is 14.8. The average Bonchev–Trinajstić information content (AvgIpc) is 2.60. The van der Waals surface area contributed by atoms with Crippen LogP contribution in [-0.2, 0) is 9.59 Å². The molecule has 0 bridgehead atoms. The predicted molar refractivity (Wildman–Crippen MR) is 89.9 cm³/mol. The lowest BCUT2D eigenvalue weighted by atomic mass is 10.3. The molecule has 0 aliphatic heterocycles. The molecule has 2 aromatic carbocycles. The van der Waals surface area contributed by atoms with E-state index < -0.39 is 12.0 Å². The molecule has 24 heavy (non-hydrogen) atoms. The minimum atomic E-state index is -0.836. The molecule has 5 nitrogen and oxygen atoms in total. The van der Waals surface area contributed by atoms with Gasteiger partial charge in [-0.25, -0.2) is 4.39 Å². The highest BCUT2D eigenvalue weighted by Crippen LogP contribution is 2.16. The number of hydrogen-bond donors (Lipinski definition) is 2. The molecule has 0 aliphatic carbocycles. The van der Waals surface area contributed by atoms with Crippen molar-refractivity contribution in [1.29, 1.82) is 0 Å². The number of ether oxygens (including phenoxy) is 1. The van der Waals surface area contributed by atoms with Crippen LogP contribution in [0.3, 0.4) is 0 Å². The molecule has 2 rings (SSSR count). The molecule has 0 heterocycles. The second-order valence-corrected chi connectivity index (χ2v) is 5.90. The third-order valence-corrected chi connectivity index (χ3v) is 3.95. The van der Waals surface area contributed by atoms with Crippen molar-refractivity contribution >= 4 is 23.6 Å². The Balaban J connectivity index is 1.71. The molecule has 0 radical (unpaired) electrons. The van der Waals surface area contributed by atoms with Gasteiger partial charge < -0.3 is 4.74 Å². The number of hydrogen-bond acceptors (Lipinski definition) is 4. The number of carbonyl (C=O) groups excluding carboxylic acids is 2. The van der Waals surface area contributed by atoms with Crippen molar-refractivity contribution in [3.05, 3.63) is 60.4 Å². The molecule has 7 heteroatoms. The molecule has 1 atom stereocenters. The summed E-state index contributed by atoms with van der Waals surface area (Å²) in [5.74, 6) is -0.673. The van der Waals surface area contributed by atoms with Gasteiger partial charge in [-0.15, -0.1) is 11.8 Å². The summed E-state index contributed by atoms with van der Waals surface area (Å²) in [7, 11) is 0. The minimum Gasteiger partial charge on any atom is -0.481 e. The lowest BCUT2D eigenvalue weighted by Crippen LogP contribution is -2.47. The van der Waals surface area contributed by atoms with Gasteiger partial charge in [0.05, 0.1) is 5.75 Å². The molecule has 0 aliphatic rings. The topological polar surface area (TPSA) is 67.4 Å². The van der Waals surface area contributed by atoms with Gasteiger partial charge in [-0.3, -0.25) is 20.4 Å². The largest absolute Gasteiger partial charge is 0.481 e. The second-order valence-electron chi connectivity index (χ2n) is 4.85. The lowest BCUT2D eigenvalue weighted by molar-refractivity contribution is -0.131. The standard InChI is InChI=1S/C17H17FN2O3S/c1-12(23-14-9-7-13(18)8-10-14)17(22)20-19-16(21)11-24-15-5-3-2-4-6-15/h2-10,12H,11H2,1H3,(H,19,21)(H,20,22)/t12-/m0/s1. The Kier molecular flexibility index (Phi) is 6.62. The van der Waals surface area contributed by atoms with Crippen LogP contribution < -0.4 is 15.6 Å². The zero-order valence-corrected chi connectivity index (χ0v) is 13.8. The van der Waals surface area contributed by atoms with E-state index in [2.05, 4.69) is 10.9 Å². The number of amides is 2. The highest BCUT2D eigenvalue weighted by molar-refractivity contribution is 8.00. The van der Waals surface area contributed by atoms with Crippen LogP contribution in [0.25, 0.3) is 0 Å². The van der Waals surface area contributed by atoms with Crippen LogP contribution >= 0.6 is 11.8 Å². The summed E-state index contributed by atoms with van der Waals surface area (Å²) >= 11 is 1.36. The molecule has 0 spiro atoms. The van der Waals surface area contributed by atoms with E-state index in [9.17, 15) is 14.0 Å². The first-order valence-electron chi connectivity index (χ1n) is 7.23. The maximum absolute atomic E-state index is 12.8. The van der Waals surface area contributed by atoms with E-state index in [0.29, 0.717) is 5.75 Å². The van der Waals surface area contributed by atoms with E-state index in [4.69, 9.17) is 4.74 Å². The maximum Gasteiger partial charge on any atom is 0.279 e. The molecule has 0 aromatic heterocycles. The van der Waals surface area contributed by atoms with Crippen LogP contribution in [0.15, 0.2) is 59.5 Å². The second kappa shape index (κ2) is 8.93. The highest BCUT2D eigenvalue weighted by Gasteiger charge is 2.15. The van der Waals surface area contributed by atoms with E-state index in [1.807, 2.05) is 30.3 Å². The minimum absolute atomic E-state index is 0.178. The van der Waals surface area contributed by atoms with Crippen LogP contribution in [-0.4, -0.2) is 23.7 Å². The number of rotatable bonds is 6. The first kappa shape index (κ1) is 17.8. The normalized spacial score (nSPS) is 11.4. The number of halogens is 1. The SMILES string of the molecule is C[C@H](Oc1ccc(F)cc1)C(=O)NNC(=O)CSc1ccccc1. The smallest absolute Gasteiger partial charge is 0.279 e. The van der Waals surface area contributed by atoms with Crippen molar-refractivity contribution in [2.24, 2.45) is 0 Å². The Hall–Kier alpha value is -2.54. The molecule has 2 amide bonds. The van der Waals surface area contributed by atoms with E-state index in [1.54, 1.807) is 0 Å². The zero-order chi connectivity index (χ0) is 17.4. The van der Waals surface area contributed by atoms with Gasteiger partial charge in [0, 0.05) is 4.90 Å². The zero-order valence-electron chi connectivity index (χ0n) is 13.0. The fraction of sp³-hybridized carbons (Fsp3) is 0.176. The van der Waals surface area contributed by atoms with Crippen molar-refractivity contribution in [2.45, 2.75) is 17.9 Å². The van der Waals surface area contributed by atoms with E-state index in [0.717, 1.165) is 4.90 Å². The van der Waals surface area contributed by atoms with Crippen LogP contribution in [0.2, 0.25) is 0 Å². The summed E-state index contributed by atoms with van der Waals surface area (Å²) in [5.41, 5.74) is 4.63. The first-order valence-corrected chi connectivity index (χ1v) is 8.22. The Morgan fingerprint density at radius 2 is 1.75 bits per heavy atom. The average molecular weight is 348 g/mol. The van der Waals surface area contributed by atoms with Gasteiger partial charge in [0.2, 0.25) is 5.91 Å². The Labute approximate surface area is 143 Å². The number of thioether (sulfide) groups is 1. The van der Waals surface area contributed by atoms with Gasteiger partial charge in [-0.2, -0.15) is 0 Å². The maximum atomic E-state index is 12.8. The third kappa shape index (κ3) is 5.92.